The summed E-state index contributed by atoms with van der Waals surface area (Å²) in [5.74, 6) is 0.458. The van der Waals surface area contributed by atoms with Crippen LogP contribution in [-0.4, -0.2) is 47.9 Å². The van der Waals surface area contributed by atoms with Crippen LogP contribution in [0, 0.1) is 19.8 Å². The molecule has 3 rings (SSSR count). The van der Waals surface area contributed by atoms with Gasteiger partial charge in [-0.3, -0.25) is 14.5 Å². The molecule has 1 aromatic carbocycles. The molecule has 154 valence electrons. The molecule has 0 spiro atoms. The summed E-state index contributed by atoms with van der Waals surface area (Å²) in [6.07, 6.45) is 2.58. The standard InChI is InChI=1S/C23H30N4O2/c1-17-7-3-4-9-19(17)12-13-24-22(28)16-27-14-6-10-20(15-27)23(29)26-21-11-5-8-18(2)25-21/h3-5,7-9,11,20H,6,10,12-16H2,1-2H3,(H,24,28)(H,25,26,29). The van der Waals surface area contributed by atoms with E-state index in [9.17, 15) is 9.59 Å². The van der Waals surface area contributed by atoms with Gasteiger partial charge in [-0.2, -0.15) is 0 Å². The van der Waals surface area contributed by atoms with E-state index in [1.165, 1.54) is 11.1 Å². The zero-order chi connectivity index (χ0) is 20.6. The van der Waals surface area contributed by atoms with Crippen LogP contribution >= 0.6 is 0 Å². The second-order valence-electron chi connectivity index (χ2n) is 7.75. The van der Waals surface area contributed by atoms with Crippen molar-refractivity contribution < 1.29 is 9.59 Å². The van der Waals surface area contributed by atoms with Gasteiger partial charge in [-0.05, 0) is 62.9 Å². The van der Waals surface area contributed by atoms with E-state index in [1.54, 1.807) is 6.07 Å². The number of amides is 2. The molecular formula is C23H30N4O2. The average Bonchev–Trinajstić information content (AvgIpc) is 2.69. The van der Waals surface area contributed by atoms with Crippen molar-refractivity contribution in [1.29, 1.82) is 0 Å². The summed E-state index contributed by atoms with van der Waals surface area (Å²) in [7, 11) is 0. The maximum absolute atomic E-state index is 12.6. The Balaban J connectivity index is 1.43. The number of benzene rings is 1. The highest BCUT2D eigenvalue weighted by Gasteiger charge is 2.27. The van der Waals surface area contributed by atoms with E-state index in [0.717, 1.165) is 31.5 Å². The van der Waals surface area contributed by atoms with Gasteiger partial charge in [0.25, 0.3) is 0 Å². The lowest BCUT2D eigenvalue weighted by atomic mass is 9.97. The van der Waals surface area contributed by atoms with E-state index in [1.807, 2.05) is 31.2 Å². The number of anilines is 1. The number of hydrogen-bond donors (Lipinski definition) is 2. The van der Waals surface area contributed by atoms with Gasteiger partial charge >= 0.3 is 0 Å². The molecule has 2 heterocycles. The van der Waals surface area contributed by atoms with Gasteiger partial charge in [-0.1, -0.05) is 30.3 Å². The molecule has 1 aliphatic rings. The van der Waals surface area contributed by atoms with Crippen molar-refractivity contribution in [3.8, 4) is 0 Å². The van der Waals surface area contributed by atoms with Crippen molar-refractivity contribution in [3.05, 3.63) is 59.3 Å². The van der Waals surface area contributed by atoms with Crippen LogP contribution in [0.2, 0.25) is 0 Å². The van der Waals surface area contributed by atoms with Gasteiger partial charge in [-0.25, -0.2) is 4.98 Å². The SMILES string of the molecule is Cc1cccc(NC(=O)C2CCCN(CC(=O)NCCc3ccccc3C)C2)n1. The monoisotopic (exact) mass is 394 g/mol. The molecule has 1 fully saturated rings. The van der Waals surface area contributed by atoms with Crippen molar-refractivity contribution in [3.63, 3.8) is 0 Å². The molecule has 0 aliphatic carbocycles. The molecule has 6 nitrogen and oxygen atoms in total. The summed E-state index contributed by atoms with van der Waals surface area (Å²) >= 11 is 0. The molecular weight excluding hydrogens is 364 g/mol. The summed E-state index contributed by atoms with van der Waals surface area (Å²) in [4.78, 5) is 31.3. The molecule has 1 saturated heterocycles. The highest BCUT2D eigenvalue weighted by molar-refractivity contribution is 5.92. The minimum absolute atomic E-state index is 0.0139. The van der Waals surface area contributed by atoms with Crippen molar-refractivity contribution in [1.82, 2.24) is 15.2 Å². The van der Waals surface area contributed by atoms with E-state index >= 15 is 0 Å². The summed E-state index contributed by atoms with van der Waals surface area (Å²) in [5, 5.41) is 5.91. The number of likely N-dealkylation sites (tertiary alicyclic amines) is 1. The summed E-state index contributed by atoms with van der Waals surface area (Å²) in [6, 6.07) is 13.8. The Kier molecular flexibility index (Phi) is 7.36. The van der Waals surface area contributed by atoms with E-state index in [4.69, 9.17) is 0 Å². The van der Waals surface area contributed by atoms with E-state index in [2.05, 4.69) is 39.6 Å². The van der Waals surface area contributed by atoms with Crippen molar-refractivity contribution in [2.45, 2.75) is 33.1 Å². The number of hydrogen-bond acceptors (Lipinski definition) is 4. The number of carbonyl (C=O) groups is 2. The summed E-state index contributed by atoms with van der Waals surface area (Å²) < 4.78 is 0. The third-order valence-corrected chi connectivity index (χ3v) is 5.36. The lowest BCUT2D eigenvalue weighted by Crippen LogP contribution is -2.45. The molecule has 0 bridgehead atoms. The maximum atomic E-state index is 12.6. The Bertz CT molecular complexity index is 852. The van der Waals surface area contributed by atoms with Gasteiger partial charge in [0.15, 0.2) is 0 Å². The molecule has 1 atom stereocenters. The molecule has 0 saturated carbocycles. The Morgan fingerprint density at radius 1 is 1.14 bits per heavy atom. The van der Waals surface area contributed by atoms with Crippen LogP contribution in [0.4, 0.5) is 5.82 Å². The van der Waals surface area contributed by atoms with E-state index in [0.29, 0.717) is 25.5 Å². The van der Waals surface area contributed by atoms with Crippen LogP contribution in [0.1, 0.15) is 29.7 Å². The average molecular weight is 395 g/mol. The van der Waals surface area contributed by atoms with Crippen molar-refractivity contribution >= 4 is 17.6 Å². The first-order chi connectivity index (χ1) is 14.0. The molecule has 1 aromatic heterocycles. The molecule has 2 aromatic rings. The second-order valence-corrected chi connectivity index (χ2v) is 7.75. The Hall–Kier alpha value is -2.73. The molecule has 6 heteroatoms. The number of aryl methyl sites for hydroxylation is 2. The Morgan fingerprint density at radius 2 is 1.97 bits per heavy atom. The normalized spacial score (nSPS) is 17.0. The number of nitrogens with zero attached hydrogens (tertiary/aromatic N) is 2. The number of carbonyl (C=O) groups excluding carboxylic acids is 2. The maximum Gasteiger partial charge on any atom is 0.234 e. The van der Waals surface area contributed by atoms with Crippen LogP contribution in [-0.2, 0) is 16.0 Å². The van der Waals surface area contributed by atoms with Gasteiger partial charge in [0, 0.05) is 18.8 Å². The van der Waals surface area contributed by atoms with Crippen molar-refractivity contribution in [2.75, 3.05) is 31.5 Å². The number of aromatic nitrogens is 1. The fourth-order valence-electron chi connectivity index (χ4n) is 3.74. The number of piperidine rings is 1. The first-order valence-electron chi connectivity index (χ1n) is 10.3. The van der Waals surface area contributed by atoms with Gasteiger partial charge in [0.05, 0.1) is 12.5 Å². The summed E-state index contributed by atoms with van der Waals surface area (Å²) in [6.45, 7) is 6.39. The lowest BCUT2D eigenvalue weighted by Gasteiger charge is -2.31. The molecule has 2 N–H and O–H groups in total. The quantitative estimate of drug-likeness (QED) is 0.757. The van der Waals surface area contributed by atoms with E-state index < -0.39 is 0 Å². The zero-order valence-electron chi connectivity index (χ0n) is 17.3. The van der Waals surface area contributed by atoms with Gasteiger partial charge in [0.2, 0.25) is 11.8 Å². The highest BCUT2D eigenvalue weighted by atomic mass is 16.2. The smallest absolute Gasteiger partial charge is 0.234 e. The Morgan fingerprint density at radius 3 is 2.76 bits per heavy atom. The molecule has 1 unspecified atom stereocenters. The lowest BCUT2D eigenvalue weighted by molar-refractivity contribution is -0.125. The summed E-state index contributed by atoms with van der Waals surface area (Å²) in [5.41, 5.74) is 3.37. The van der Waals surface area contributed by atoms with Crippen LogP contribution in [0.5, 0.6) is 0 Å². The van der Waals surface area contributed by atoms with Gasteiger partial charge in [-0.15, -0.1) is 0 Å². The minimum atomic E-state index is -0.120. The van der Waals surface area contributed by atoms with Gasteiger partial charge < -0.3 is 10.6 Å². The van der Waals surface area contributed by atoms with Crippen LogP contribution in [0.25, 0.3) is 0 Å². The largest absolute Gasteiger partial charge is 0.355 e. The second kappa shape index (κ2) is 10.2. The van der Waals surface area contributed by atoms with Crippen LogP contribution in [0.15, 0.2) is 42.5 Å². The van der Waals surface area contributed by atoms with Crippen LogP contribution < -0.4 is 10.6 Å². The first-order valence-corrected chi connectivity index (χ1v) is 10.3. The van der Waals surface area contributed by atoms with Crippen LogP contribution in [0.3, 0.4) is 0 Å². The minimum Gasteiger partial charge on any atom is -0.355 e. The fourth-order valence-corrected chi connectivity index (χ4v) is 3.74. The number of pyridine rings is 1. The van der Waals surface area contributed by atoms with Gasteiger partial charge in [0.1, 0.15) is 5.82 Å². The predicted molar refractivity (Wildman–Crippen MR) is 115 cm³/mol. The number of rotatable bonds is 7. The highest BCUT2D eigenvalue weighted by Crippen LogP contribution is 2.18. The molecule has 2 amide bonds. The molecule has 29 heavy (non-hydrogen) atoms. The fraction of sp³-hybridized carbons (Fsp3) is 0.435. The predicted octanol–water partition coefficient (Wildman–Crippen LogP) is 2.71. The molecule has 0 radical (unpaired) electrons. The third-order valence-electron chi connectivity index (χ3n) is 5.36. The zero-order valence-corrected chi connectivity index (χ0v) is 17.3. The molecule has 1 aliphatic heterocycles. The Labute approximate surface area is 172 Å². The third kappa shape index (κ3) is 6.39. The van der Waals surface area contributed by atoms with Crippen molar-refractivity contribution in [2.24, 2.45) is 5.92 Å². The topological polar surface area (TPSA) is 74.3 Å². The first kappa shape index (κ1) is 21.0. The number of nitrogens with one attached hydrogen (secondary N) is 2. The van der Waals surface area contributed by atoms with E-state index in [-0.39, 0.29) is 17.7 Å².